The molecule has 3 heteroatoms. The zero-order valence-electron chi connectivity index (χ0n) is 13.5. The van der Waals surface area contributed by atoms with Gasteiger partial charge in [0.25, 0.3) is 0 Å². The van der Waals surface area contributed by atoms with Gasteiger partial charge in [-0.25, -0.2) is 0 Å². The standard InChI is InChI=1S/C19H23NO2/c1-15-7-9-17(10-8-15)14-19(21)20(3)11-12-22-18-6-4-5-16(2)13-18/h4-10,13H,11-12,14H2,1-3H3. The van der Waals surface area contributed by atoms with Crippen LogP contribution >= 0.6 is 0 Å². The van der Waals surface area contributed by atoms with Crippen molar-refractivity contribution in [1.82, 2.24) is 4.90 Å². The van der Waals surface area contributed by atoms with Crippen LogP contribution in [0, 0.1) is 13.8 Å². The Labute approximate surface area is 132 Å². The maximum absolute atomic E-state index is 12.2. The molecule has 0 spiro atoms. The van der Waals surface area contributed by atoms with Crippen LogP contribution in [0.2, 0.25) is 0 Å². The van der Waals surface area contributed by atoms with Crippen molar-refractivity contribution in [2.45, 2.75) is 20.3 Å². The van der Waals surface area contributed by atoms with Crippen LogP contribution in [0.25, 0.3) is 0 Å². The average molecular weight is 297 g/mol. The van der Waals surface area contributed by atoms with Crippen molar-refractivity contribution in [3.8, 4) is 5.75 Å². The molecule has 0 saturated carbocycles. The van der Waals surface area contributed by atoms with E-state index in [0.29, 0.717) is 19.6 Å². The van der Waals surface area contributed by atoms with Crippen molar-refractivity contribution < 1.29 is 9.53 Å². The van der Waals surface area contributed by atoms with Gasteiger partial charge in [-0.1, -0.05) is 42.0 Å². The van der Waals surface area contributed by atoms with Gasteiger partial charge in [-0.2, -0.15) is 0 Å². The molecule has 0 aromatic heterocycles. The van der Waals surface area contributed by atoms with Crippen LogP contribution in [-0.4, -0.2) is 31.0 Å². The third-order valence-corrected chi connectivity index (χ3v) is 3.59. The second-order valence-corrected chi connectivity index (χ2v) is 5.64. The molecule has 2 aromatic rings. The fourth-order valence-electron chi connectivity index (χ4n) is 2.15. The zero-order chi connectivity index (χ0) is 15.9. The number of carbonyl (C=O) groups excluding carboxylic acids is 1. The lowest BCUT2D eigenvalue weighted by Crippen LogP contribution is -2.32. The van der Waals surface area contributed by atoms with E-state index in [4.69, 9.17) is 4.74 Å². The van der Waals surface area contributed by atoms with Crippen LogP contribution in [0.5, 0.6) is 5.75 Å². The highest BCUT2D eigenvalue weighted by molar-refractivity contribution is 5.78. The Morgan fingerprint density at radius 3 is 2.45 bits per heavy atom. The SMILES string of the molecule is Cc1ccc(CC(=O)N(C)CCOc2cccc(C)c2)cc1. The lowest BCUT2D eigenvalue weighted by molar-refractivity contribution is -0.129. The molecule has 116 valence electrons. The molecule has 3 nitrogen and oxygen atoms in total. The number of rotatable bonds is 6. The highest BCUT2D eigenvalue weighted by Gasteiger charge is 2.09. The third-order valence-electron chi connectivity index (χ3n) is 3.59. The Kier molecular flexibility index (Phi) is 5.59. The number of amides is 1. The summed E-state index contributed by atoms with van der Waals surface area (Å²) in [5.74, 6) is 0.955. The smallest absolute Gasteiger partial charge is 0.226 e. The van der Waals surface area contributed by atoms with E-state index in [1.54, 1.807) is 4.90 Å². The Morgan fingerprint density at radius 1 is 1.05 bits per heavy atom. The molecular weight excluding hydrogens is 274 g/mol. The van der Waals surface area contributed by atoms with Crippen LogP contribution in [0.15, 0.2) is 48.5 Å². The number of aryl methyl sites for hydroxylation is 2. The van der Waals surface area contributed by atoms with Crippen LogP contribution in [-0.2, 0) is 11.2 Å². The predicted molar refractivity (Wildman–Crippen MR) is 89.2 cm³/mol. The van der Waals surface area contributed by atoms with Crippen LogP contribution in [0.3, 0.4) is 0 Å². The molecule has 0 atom stereocenters. The Morgan fingerprint density at radius 2 is 1.77 bits per heavy atom. The number of hydrogen-bond donors (Lipinski definition) is 0. The summed E-state index contributed by atoms with van der Waals surface area (Å²) in [6.45, 7) is 5.16. The van der Waals surface area contributed by atoms with Crippen molar-refractivity contribution in [1.29, 1.82) is 0 Å². The summed E-state index contributed by atoms with van der Waals surface area (Å²) in [4.78, 5) is 13.9. The maximum Gasteiger partial charge on any atom is 0.226 e. The molecule has 0 saturated heterocycles. The van der Waals surface area contributed by atoms with Gasteiger partial charge in [0.15, 0.2) is 0 Å². The number of ether oxygens (including phenoxy) is 1. The first kappa shape index (κ1) is 16.1. The lowest BCUT2D eigenvalue weighted by Gasteiger charge is -2.17. The third kappa shape index (κ3) is 4.92. The van der Waals surface area contributed by atoms with Crippen molar-refractivity contribution in [3.63, 3.8) is 0 Å². The number of likely N-dealkylation sites (N-methyl/N-ethyl adjacent to an activating group) is 1. The summed E-state index contributed by atoms with van der Waals surface area (Å²) in [6, 6.07) is 16.0. The summed E-state index contributed by atoms with van der Waals surface area (Å²) in [7, 11) is 1.82. The second kappa shape index (κ2) is 7.64. The van der Waals surface area contributed by atoms with E-state index in [-0.39, 0.29) is 5.91 Å². The predicted octanol–water partition coefficient (Wildman–Crippen LogP) is 3.38. The molecule has 22 heavy (non-hydrogen) atoms. The van der Waals surface area contributed by atoms with Crippen LogP contribution in [0.4, 0.5) is 0 Å². The molecule has 0 N–H and O–H groups in total. The van der Waals surface area contributed by atoms with E-state index in [1.807, 2.05) is 69.4 Å². The zero-order valence-corrected chi connectivity index (χ0v) is 13.5. The van der Waals surface area contributed by atoms with Gasteiger partial charge in [0, 0.05) is 7.05 Å². The second-order valence-electron chi connectivity index (χ2n) is 5.64. The van der Waals surface area contributed by atoms with Gasteiger partial charge in [0.2, 0.25) is 5.91 Å². The minimum absolute atomic E-state index is 0.108. The molecule has 2 aromatic carbocycles. The highest BCUT2D eigenvalue weighted by Crippen LogP contribution is 2.12. The molecule has 0 aliphatic carbocycles. The van der Waals surface area contributed by atoms with Crippen molar-refractivity contribution in [2.24, 2.45) is 0 Å². The fraction of sp³-hybridized carbons (Fsp3) is 0.316. The van der Waals surface area contributed by atoms with Gasteiger partial charge < -0.3 is 9.64 Å². The van der Waals surface area contributed by atoms with Gasteiger partial charge in [-0.15, -0.1) is 0 Å². The van der Waals surface area contributed by atoms with E-state index >= 15 is 0 Å². The van der Waals surface area contributed by atoms with Crippen LogP contribution in [0.1, 0.15) is 16.7 Å². The topological polar surface area (TPSA) is 29.5 Å². The summed E-state index contributed by atoms with van der Waals surface area (Å²) < 4.78 is 5.68. The highest BCUT2D eigenvalue weighted by atomic mass is 16.5. The van der Waals surface area contributed by atoms with Gasteiger partial charge in [-0.05, 0) is 37.1 Å². The van der Waals surface area contributed by atoms with Crippen molar-refractivity contribution >= 4 is 5.91 Å². The van der Waals surface area contributed by atoms with E-state index in [2.05, 4.69) is 0 Å². The molecule has 0 aliphatic rings. The molecule has 0 aliphatic heterocycles. The van der Waals surface area contributed by atoms with Gasteiger partial charge >= 0.3 is 0 Å². The van der Waals surface area contributed by atoms with E-state index in [9.17, 15) is 4.79 Å². The monoisotopic (exact) mass is 297 g/mol. The fourth-order valence-corrected chi connectivity index (χ4v) is 2.15. The summed E-state index contributed by atoms with van der Waals surface area (Å²) >= 11 is 0. The number of nitrogens with zero attached hydrogens (tertiary/aromatic N) is 1. The molecular formula is C19H23NO2. The minimum atomic E-state index is 0.108. The quantitative estimate of drug-likeness (QED) is 0.818. The largest absolute Gasteiger partial charge is 0.492 e. The summed E-state index contributed by atoms with van der Waals surface area (Å²) in [6.07, 6.45) is 0.432. The van der Waals surface area contributed by atoms with E-state index < -0.39 is 0 Å². The maximum atomic E-state index is 12.2. The molecule has 0 fully saturated rings. The van der Waals surface area contributed by atoms with E-state index in [0.717, 1.165) is 11.3 Å². The molecule has 0 heterocycles. The van der Waals surface area contributed by atoms with E-state index in [1.165, 1.54) is 11.1 Å². The Hall–Kier alpha value is -2.29. The van der Waals surface area contributed by atoms with Gasteiger partial charge in [-0.3, -0.25) is 4.79 Å². The lowest BCUT2D eigenvalue weighted by atomic mass is 10.1. The Bertz CT molecular complexity index is 620. The molecule has 0 bridgehead atoms. The number of benzene rings is 2. The minimum Gasteiger partial charge on any atom is -0.492 e. The van der Waals surface area contributed by atoms with Crippen molar-refractivity contribution in [3.05, 3.63) is 65.2 Å². The molecule has 0 unspecified atom stereocenters. The first-order valence-electron chi connectivity index (χ1n) is 7.53. The Balaban J connectivity index is 1.77. The number of hydrogen-bond acceptors (Lipinski definition) is 2. The van der Waals surface area contributed by atoms with Crippen molar-refractivity contribution in [2.75, 3.05) is 20.2 Å². The first-order chi connectivity index (χ1) is 10.5. The molecule has 0 radical (unpaired) electrons. The molecule has 1 amide bonds. The normalized spacial score (nSPS) is 10.3. The molecule has 2 rings (SSSR count). The average Bonchev–Trinajstić information content (AvgIpc) is 2.49. The van der Waals surface area contributed by atoms with Gasteiger partial charge in [0.1, 0.15) is 12.4 Å². The summed E-state index contributed by atoms with van der Waals surface area (Å²) in [5, 5.41) is 0. The van der Waals surface area contributed by atoms with Gasteiger partial charge in [0.05, 0.1) is 13.0 Å². The number of carbonyl (C=O) groups is 1. The summed E-state index contributed by atoms with van der Waals surface area (Å²) in [5.41, 5.74) is 3.42. The first-order valence-corrected chi connectivity index (χ1v) is 7.53. The van der Waals surface area contributed by atoms with Crippen LogP contribution < -0.4 is 4.74 Å².